The number of rotatable bonds is 5. The van der Waals surface area contributed by atoms with Gasteiger partial charge in [-0.25, -0.2) is 0 Å². The number of nitrogens with zero attached hydrogens (tertiary/aromatic N) is 2. The molecule has 0 aromatic heterocycles. The number of nitro benzene ring substituents is 2. The standard InChI is InChI=1S/C17H23N3O6/c1-11-12(10-21)8-14(19(22)23)15(16(11)20(24)25)18-13-4-7-26-17(9-13)5-2-3-6-17/h8,13,18,21H,2-7,9-10H2,1H3. The van der Waals surface area contributed by atoms with E-state index in [0.29, 0.717) is 19.4 Å². The molecular formula is C17H23N3O6. The first-order valence-corrected chi connectivity index (χ1v) is 8.83. The highest BCUT2D eigenvalue weighted by atomic mass is 16.6. The summed E-state index contributed by atoms with van der Waals surface area (Å²) in [5.41, 5.74) is -0.566. The van der Waals surface area contributed by atoms with E-state index in [1.165, 1.54) is 13.0 Å². The predicted molar refractivity (Wildman–Crippen MR) is 94.2 cm³/mol. The van der Waals surface area contributed by atoms with Crippen LogP contribution in [0.4, 0.5) is 17.1 Å². The lowest BCUT2D eigenvalue weighted by atomic mass is 9.88. The molecule has 9 heteroatoms. The third kappa shape index (κ3) is 3.36. The van der Waals surface area contributed by atoms with Crippen molar-refractivity contribution < 1.29 is 19.7 Å². The summed E-state index contributed by atoms with van der Waals surface area (Å²) in [5.74, 6) is 0. The lowest BCUT2D eigenvalue weighted by molar-refractivity contribution is -0.392. The number of aliphatic hydroxyl groups is 1. The van der Waals surface area contributed by atoms with Gasteiger partial charge in [0.25, 0.3) is 5.69 Å². The van der Waals surface area contributed by atoms with Crippen molar-refractivity contribution in [3.05, 3.63) is 37.4 Å². The summed E-state index contributed by atoms with van der Waals surface area (Å²) in [6.07, 6.45) is 5.42. The van der Waals surface area contributed by atoms with Crippen molar-refractivity contribution in [2.45, 2.75) is 63.7 Å². The van der Waals surface area contributed by atoms with Crippen molar-refractivity contribution in [3.8, 4) is 0 Å². The summed E-state index contributed by atoms with van der Waals surface area (Å²) in [5, 5.41) is 35.6. The minimum atomic E-state index is -0.640. The molecular weight excluding hydrogens is 342 g/mol. The Labute approximate surface area is 150 Å². The zero-order chi connectivity index (χ0) is 18.9. The number of nitrogens with one attached hydrogen (secondary N) is 1. The van der Waals surface area contributed by atoms with E-state index in [1.807, 2.05) is 0 Å². The zero-order valence-corrected chi connectivity index (χ0v) is 14.7. The zero-order valence-electron chi connectivity index (χ0n) is 14.7. The molecule has 1 unspecified atom stereocenters. The summed E-state index contributed by atoms with van der Waals surface area (Å²) in [4.78, 5) is 21.9. The Hall–Kier alpha value is -2.26. The summed E-state index contributed by atoms with van der Waals surface area (Å²) in [6.45, 7) is 1.54. The molecule has 26 heavy (non-hydrogen) atoms. The summed E-state index contributed by atoms with van der Waals surface area (Å²) >= 11 is 0. The van der Waals surface area contributed by atoms with Gasteiger partial charge < -0.3 is 15.2 Å². The van der Waals surface area contributed by atoms with E-state index in [-0.39, 0.29) is 39.8 Å². The second kappa shape index (κ2) is 7.16. The molecule has 0 radical (unpaired) electrons. The van der Waals surface area contributed by atoms with E-state index in [4.69, 9.17) is 4.74 Å². The molecule has 0 bridgehead atoms. The Bertz CT molecular complexity index is 730. The maximum Gasteiger partial charge on any atom is 0.302 e. The Morgan fingerprint density at radius 2 is 2.00 bits per heavy atom. The van der Waals surface area contributed by atoms with E-state index < -0.39 is 16.5 Å². The quantitative estimate of drug-likeness (QED) is 0.605. The minimum Gasteiger partial charge on any atom is -0.392 e. The predicted octanol–water partition coefficient (Wildman–Crippen LogP) is 3.21. The molecule has 1 saturated heterocycles. The van der Waals surface area contributed by atoms with Crippen molar-refractivity contribution in [1.82, 2.24) is 0 Å². The highest BCUT2D eigenvalue weighted by Crippen LogP contribution is 2.44. The van der Waals surface area contributed by atoms with Gasteiger partial charge in [0.05, 0.1) is 22.1 Å². The van der Waals surface area contributed by atoms with Crippen LogP contribution in [-0.4, -0.2) is 33.2 Å². The van der Waals surface area contributed by atoms with Crippen LogP contribution in [0.1, 0.15) is 49.7 Å². The summed E-state index contributed by atoms with van der Waals surface area (Å²) in [6, 6.07) is 1.09. The molecule has 2 fully saturated rings. The molecule has 1 spiro atoms. The minimum absolute atomic E-state index is 0.0743. The van der Waals surface area contributed by atoms with Gasteiger partial charge in [0.2, 0.25) is 0 Å². The first-order chi connectivity index (χ1) is 12.4. The van der Waals surface area contributed by atoms with Gasteiger partial charge in [-0.15, -0.1) is 0 Å². The first-order valence-electron chi connectivity index (χ1n) is 8.83. The maximum atomic E-state index is 11.6. The number of anilines is 1. The fraction of sp³-hybridized carbons (Fsp3) is 0.647. The summed E-state index contributed by atoms with van der Waals surface area (Å²) < 4.78 is 5.97. The smallest absolute Gasteiger partial charge is 0.302 e. The second-order valence-electron chi connectivity index (χ2n) is 7.15. The highest BCUT2D eigenvalue weighted by Gasteiger charge is 2.41. The molecule has 9 nitrogen and oxygen atoms in total. The molecule has 1 aromatic rings. The van der Waals surface area contributed by atoms with E-state index in [9.17, 15) is 25.3 Å². The molecule has 3 rings (SSSR count). The fourth-order valence-electron chi connectivity index (χ4n) is 4.21. The first kappa shape index (κ1) is 18.5. The van der Waals surface area contributed by atoms with E-state index in [1.54, 1.807) is 0 Å². The third-order valence-corrected chi connectivity index (χ3v) is 5.55. The molecule has 2 N–H and O–H groups in total. The van der Waals surface area contributed by atoms with Crippen LogP contribution in [0.5, 0.6) is 0 Å². The van der Waals surface area contributed by atoms with Gasteiger partial charge in [-0.3, -0.25) is 20.2 Å². The van der Waals surface area contributed by atoms with Crippen LogP contribution in [0, 0.1) is 27.2 Å². The van der Waals surface area contributed by atoms with Crippen LogP contribution in [0.2, 0.25) is 0 Å². The molecule has 1 aliphatic heterocycles. The van der Waals surface area contributed by atoms with Gasteiger partial charge in [0.15, 0.2) is 5.69 Å². The topological polar surface area (TPSA) is 128 Å². The average molecular weight is 365 g/mol. The van der Waals surface area contributed by atoms with Crippen LogP contribution in [0.3, 0.4) is 0 Å². The van der Waals surface area contributed by atoms with E-state index in [0.717, 1.165) is 25.7 Å². The fourth-order valence-corrected chi connectivity index (χ4v) is 4.21. The molecule has 1 atom stereocenters. The highest BCUT2D eigenvalue weighted by molar-refractivity contribution is 5.78. The van der Waals surface area contributed by atoms with Crippen molar-refractivity contribution in [2.24, 2.45) is 0 Å². The van der Waals surface area contributed by atoms with Crippen LogP contribution >= 0.6 is 0 Å². The Morgan fingerprint density at radius 3 is 2.58 bits per heavy atom. The normalized spacial score (nSPS) is 21.7. The Balaban J connectivity index is 1.99. The molecule has 142 valence electrons. The van der Waals surface area contributed by atoms with Gasteiger partial charge in [0, 0.05) is 24.3 Å². The second-order valence-corrected chi connectivity index (χ2v) is 7.15. The Kier molecular flexibility index (Phi) is 5.10. The van der Waals surface area contributed by atoms with E-state index >= 15 is 0 Å². The SMILES string of the molecule is Cc1c(CO)cc([N+](=O)[O-])c(NC2CCOC3(CCCC3)C2)c1[N+](=O)[O-]. The lowest BCUT2D eigenvalue weighted by Crippen LogP contribution is -2.42. The van der Waals surface area contributed by atoms with Crippen molar-refractivity contribution in [2.75, 3.05) is 11.9 Å². The van der Waals surface area contributed by atoms with Gasteiger partial charge in [-0.1, -0.05) is 12.8 Å². The third-order valence-electron chi connectivity index (χ3n) is 5.55. The van der Waals surface area contributed by atoms with Crippen molar-refractivity contribution in [3.63, 3.8) is 0 Å². The van der Waals surface area contributed by atoms with Gasteiger partial charge in [-0.2, -0.15) is 0 Å². The number of benzene rings is 1. The number of hydrogen-bond donors (Lipinski definition) is 2. The Morgan fingerprint density at radius 1 is 1.31 bits per heavy atom. The van der Waals surface area contributed by atoms with Crippen LogP contribution < -0.4 is 5.32 Å². The monoisotopic (exact) mass is 365 g/mol. The van der Waals surface area contributed by atoms with E-state index in [2.05, 4.69) is 5.32 Å². The molecule has 0 amide bonds. The molecule has 1 saturated carbocycles. The largest absolute Gasteiger partial charge is 0.392 e. The molecule has 2 aliphatic rings. The molecule has 1 aromatic carbocycles. The number of ether oxygens (including phenoxy) is 1. The van der Waals surface area contributed by atoms with Crippen molar-refractivity contribution in [1.29, 1.82) is 0 Å². The summed E-state index contributed by atoms with van der Waals surface area (Å²) in [7, 11) is 0. The van der Waals surface area contributed by atoms with Crippen LogP contribution in [0.25, 0.3) is 0 Å². The number of nitro groups is 2. The number of hydrogen-bond acceptors (Lipinski definition) is 7. The maximum absolute atomic E-state index is 11.6. The molecule has 1 aliphatic carbocycles. The lowest BCUT2D eigenvalue weighted by Gasteiger charge is -2.38. The molecule has 1 heterocycles. The van der Waals surface area contributed by atoms with Gasteiger partial charge in [-0.05, 0) is 38.2 Å². The van der Waals surface area contributed by atoms with Gasteiger partial charge >= 0.3 is 5.69 Å². The van der Waals surface area contributed by atoms with Crippen LogP contribution in [0.15, 0.2) is 6.07 Å². The van der Waals surface area contributed by atoms with Crippen LogP contribution in [-0.2, 0) is 11.3 Å². The average Bonchev–Trinajstić information content (AvgIpc) is 3.02. The number of aliphatic hydroxyl groups excluding tert-OH is 1. The van der Waals surface area contributed by atoms with Crippen molar-refractivity contribution >= 4 is 17.1 Å². The van der Waals surface area contributed by atoms with Gasteiger partial charge in [0.1, 0.15) is 0 Å².